The van der Waals surface area contributed by atoms with Crippen molar-refractivity contribution in [1.29, 1.82) is 0 Å². The highest BCUT2D eigenvalue weighted by Crippen LogP contribution is 2.09. The van der Waals surface area contributed by atoms with Crippen LogP contribution in [-0.2, 0) is 9.53 Å². The Hall–Kier alpha value is -1.26. The summed E-state index contributed by atoms with van der Waals surface area (Å²) in [6.45, 7) is 5.15. The first-order valence-corrected chi connectivity index (χ1v) is 3.88. The Labute approximate surface area is 76.7 Å². The van der Waals surface area contributed by atoms with Crippen LogP contribution in [0, 0.1) is 0 Å². The summed E-state index contributed by atoms with van der Waals surface area (Å²) in [7, 11) is 0. The molecule has 0 spiro atoms. The number of azide groups is 1. The van der Waals surface area contributed by atoms with Crippen molar-refractivity contribution >= 4 is 5.97 Å². The van der Waals surface area contributed by atoms with Crippen molar-refractivity contribution < 1.29 is 9.53 Å². The maximum absolute atomic E-state index is 11.2. The highest BCUT2D eigenvalue weighted by Gasteiger charge is 2.22. The van der Waals surface area contributed by atoms with Gasteiger partial charge in [-0.05, 0) is 26.3 Å². The van der Waals surface area contributed by atoms with Crippen LogP contribution in [0.15, 0.2) is 5.11 Å². The SMILES string of the molecule is CC(C)(C)OC(=O)C(CN)N=[N+]=[N-]. The summed E-state index contributed by atoms with van der Waals surface area (Å²) in [5.74, 6) is -0.590. The predicted octanol–water partition coefficient (Wildman–Crippen LogP) is 0.966. The lowest BCUT2D eigenvalue weighted by Crippen LogP contribution is -2.34. The molecule has 74 valence electrons. The maximum Gasteiger partial charge on any atom is 0.316 e. The van der Waals surface area contributed by atoms with E-state index in [1.165, 1.54) is 0 Å². The van der Waals surface area contributed by atoms with Gasteiger partial charge in [0.05, 0.1) is 0 Å². The minimum atomic E-state index is -0.927. The average molecular weight is 186 g/mol. The van der Waals surface area contributed by atoms with Crippen molar-refractivity contribution in [1.82, 2.24) is 0 Å². The molecule has 0 fully saturated rings. The van der Waals surface area contributed by atoms with E-state index < -0.39 is 17.6 Å². The van der Waals surface area contributed by atoms with E-state index in [-0.39, 0.29) is 6.54 Å². The topological polar surface area (TPSA) is 101 Å². The number of esters is 1. The van der Waals surface area contributed by atoms with E-state index in [0.717, 1.165) is 0 Å². The van der Waals surface area contributed by atoms with Gasteiger partial charge in [0.2, 0.25) is 0 Å². The molecule has 6 heteroatoms. The molecule has 0 aromatic carbocycles. The van der Waals surface area contributed by atoms with Crippen LogP contribution >= 0.6 is 0 Å². The molecule has 6 nitrogen and oxygen atoms in total. The third-order valence-corrected chi connectivity index (χ3v) is 1.09. The zero-order valence-corrected chi connectivity index (χ0v) is 8.02. The standard InChI is InChI=1S/C7H14N4O2/c1-7(2,3)13-6(12)5(4-8)10-11-9/h5H,4,8H2,1-3H3. The minimum Gasteiger partial charge on any atom is -0.460 e. The van der Waals surface area contributed by atoms with Gasteiger partial charge < -0.3 is 10.5 Å². The quantitative estimate of drug-likeness (QED) is 0.307. The molecular formula is C7H14N4O2. The third-order valence-electron chi connectivity index (χ3n) is 1.09. The zero-order chi connectivity index (χ0) is 10.5. The van der Waals surface area contributed by atoms with E-state index in [0.29, 0.717) is 0 Å². The van der Waals surface area contributed by atoms with Crippen molar-refractivity contribution in [3.63, 3.8) is 0 Å². The highest BCUT2D eigenvalue weighted by atomic mass is 16.6. The van der Waals surface area contributed by atoms with Crippen molar-refractivity contribution in [2.45, 2.75) is 32.4 Å². The summed E-state index contributed by atoms with van der Waals surface area (Å²) in [6.07, 6.45) is 0. The van der Waals surface area contributed by atoms with E-state index >= 15 is 0 Å². The second-order valence-electron chi connectivity index (χ2n) is 3.49. The third kappa shape index (κ3) is 5.05. The fraction of sp³-hybridized carbons (Fsp3) is 0.857. The number of nitrogens with two attached hydrogens (primary N) is 1. The fourth-order valence-electron chi connectivity index (χ4n) is 0.623. The molecule has 0 aliphatic carbocycles. The van der Waals surface area contributed by atoms with Gasteiger partial charge in [-0.25, -0.2) is 0 Å². The first-order valence-electron chi connectivity index (χ1n) is 3.88. The van der Waals surface area contributed by atoms with Gasteiger partial charge in [0, 0.05) is 11.5 Å². The van der Waals surface area contributed by atoms with E-state index in [1.54, 1.807) is 20.8 Å². The van der Waals surface area contributed by atoms with Gasteiger partial charge in [0.25, 0.3) is 0 Å². The largest absolute Gasteiger partial charge is 0.460 e. The second-order valence-corrected chi connectivity index (χ2v) is 3.49. The molecule has 0 amide bonds. The van der Waals surface area contributed by atoms with Gasteiger partial charge in [-0.2, -0.15) is 0 Å². The Morgan fingerprint density at radius 2 is 2.23 bits per heavy atom. The number of rotatable bonds is 3. The van der Waals surface area contributed by atoms with Crippen LogP contribution in [0.25, 0.3) is 10.4 Å². The molecule has 0 aliphatic rings. The predicted molar refractivity (Wildman–Crippen MR) is 47.8 cm³/mol. The van der Waals surface area contributed by atoms with Crippen molar-refractivity contribution in [3.05, 3.63) is 10.4 Å². The van der Waals surface area contributed by atoms with E-state index in [2.05, 4.69) is 10.0 Å². The zero-order valence-electron chi connectivity index (χ0n) is 8.02. The highest BCUT2D eigenvalue weighted by molar-refractivity contribution is 5.76. The van der Waals surface area contributed by atoms with E-state index in [4.69, 9.17) is 16.0 Å². The maximum atomic E-state index is 11.2. The summed E-state index contributed by atoms with van der Waals surface area (Å²) in [5, 5.41) is 3.21. The van der Waals surface area contributed by atoms with E-state index in [1.807, 2.05) is 0 Å². The average Bonchev–Trinajstić information content (AvgIpc) is 1.96. The normalized spacial score (nSPS) is 12.9. The number of hydrogen-bond acceptors (Lipinski definition) is 4. The molecule has 1 unspecified atom stereocenters. The van der Waals surface area contributed by atoms with Gasteiger partial charge in [-0.3, -0.25) is 4.79 Å². The summed E-state index contributed by atoms with van der Waals surface area (Å²) in [6, 6.07) is -0.927. The lowest BCUT2D eigenvalue weighted by molar-refractivity contribution is -0.156. The molecular weight excluding hydrogens is 172 g/mol. The molecule has 0 bridgehead atoms. The van der Waals surface area contributed by atoms with Gasteiger partial charge in [0.1, 0.15) is 11.6 Å². The van der Waals surface area contributed by atoms with Gasteiger partial charge in [0.15, 0.2) is 0 Å². The number of carbonyl (C=O) groups excluding carboxylic acids is 1. The molecule has 0 rings (SSSR count). The number of ether oxygens (including phenoxy) is 1. The van der Waals surface area contributed by atoms with Crippen LogP contribution < -0.4 is 5.73 Å². The van der Waals surface area contributed by atoms with Gasteiger partial charge >= 0.3 is 5.97 Å². The van der Waals surface area contributed by atoms with Crippen molar-refractivity contribution in [2.24, 2.45) is 10.8 Å². The first kappa shape index (κ1) is 11.7. The Morgan fingerprint density at radius 1 is 1.69 bits per heavy atom. The Bertz CT molecular complexity index is 227. The first-order chi connectivity index (χ1) is 5.90. The fourth-order valence-corrected chi connectivity index (χ4v) is 0.623. The lowest BCUT2D eigenvalue weighted by atomic mass is 10.2. The smallest absolute Gasteiger partial charge is 0.316 e. The van der Waals surface area contributed by atoms with Crippen LogP contribution in [0.4, 0.5) is 0 Å². The molecule has 0 saturated carbocycles. The molecule has 2 N–H and O–H groups in total. The summed E-state index contributed by atoms with van der Waals surface area (Å²) in [4.78, 5) is 13.7. The van der Waals surface area contributed by atoms with Gasteiger partial charge in [-0.1, -0.05) is 5.11 Å². The summed E-state index contributed by atoms with van der Waals surface area (Å²) < 4.78 is 4.96. The molecule has 0 saturated heterocycles. The van der Waals surface area contributed by atoms with Crippen LogP contribution in [0.1, 0.15) is 20.8 Å². The summed E-state index contributed by atoms with van der Waals surface area (Å²) >= 11 is 0. The lowest BCUT2D eigenvalue weighted by Gasteiger charge is -2.21. The van der Waals surface area contributed by atoms with Crippen LogP contribution in [0.3, 0.4) is 0 Å². The molecule has 0 radical (unpaired) electrons. The van der Waals surface area contributed by atoms with Crippen molar-refractivity contribution in [2.75, 3.05) is 6.54 Å². The number of carbonyl (C=O) groups is 1. The minimum absolute atomic E-state index is 0.0427. The number of nitrogens with zero attached hydrogens (tertiary/aromatic N) is 3. The van der Waals surface area contributed by atoms with Crippen LogP contribution in [0.2, 0.25) is 0 Å². The van der Waals surface area contributed by atoms with Gasteiger partial charge in [-0.15, -0.1) is 0 Å². The summed E-state index contributed by atoms with van der Waals surface area (Å²) in [5.41, 5.74) is 12.7. The Balaban J connectivity index is 4.31. The van der Waals surface area contributed by atoms with Crippen LogP contribution in [0.5, 0.6) is 0 Å². The molecule has 0 aromatic heterocycles. The number of hydrogen-bond donors (Lipinski definition) is 1. The van der Waals surface area contributed by atoms with E-state index in [9.17, 15) is 4.79 Å². The van der Waals surface area contributed by atoms with Crippen molar-refractivity contribution in [3.8, 4) is 0 Å². The van der Waals surface area contributed by atoms with Crippen LogP contribution in [-0.4, -0.2) is 24.2 Å². The molecule has 0 aromatic rings. The second kappa shape index (κ2) is 4.69. The monoisotopic (exact) mass is 186 g/mol. The Kier molecular flexibility index (Phi) is 4.23. The molecule has 0 aliphatic heterocycles. The molecule has 1 atom stereocenters. The molecule has 13 heavy (non-hydrogen) atoms. The molecule has 0 heterocycles. The Morgan fingerprint density at radius 3 is 2.54 bits per heavy atom.